The zero-order chi connectivity index (χ0) is 15.2. The fourth-order valence-corrected chi connectivity index (χ4v) is 4.93. The van der Waals surface area contributed by atoms with E-state index in [4.69, 9.17) is 4.52 Å². The second-order valence-corrected chi connectivity index (χ2v) is 8.18. The Bertz CT molecular complexity index is 740. The van der Waals surface area contributed by atoms with E-state index in [0.29, 0.717) is 18.0 Å². The molecule has 0 spiro atoms. The minimum absolute atomic E-state index is 0.0608. The molecule has 0 atom stereocenters. The molecule has 2 aromatic heterocycles. The smallest absolute Gasteiger partial charge is 0.249 e. The summed E-state index contributed by atoms with van der Waals surface area (Å²) in [6.45, 7) is 5.51. The molecule has 0 radical (unpaired) electrons. The van der Waals surface area contributed by atoms with Crippen LogP contribution in [0.15, 0.2) is 14.8 Å². The van der Waals surface area contributed by atoms with Gasteiger partial charge in [-0.2, -0.15) is 4.31 Å². The van der Waals surface area contributed by atoms with Crippen LogP contribution < -0.4 is 0 Å². The summed E-state index contributed by atoms with van der Waals surface area (Å²) >= 11 is 1.53. The third-order valence-corrected chi connectivity index (χ3v) is 6.44. The van der Waals surface area contributed by atoms with Crippen molar-refractivity contribution in [2.24, 2.45) is 0 Å². The van der Waals surface area contributed by atoms with Crippen LogP contribution in [0.4, 0.5) is 0 Å². The molecule has 0 bridgehead atoms. The highest BCUT2D eigenvalue weighted by Gasteiger charge is 2.41. The Morgan fingerprint density at radius 3 is 2.57 bits per heavy atom. The largest absolute Gasteiger partial charge is 0.360 e. The molecule has 0 saturated heterocycles. The third kappa shape index (κ3) is 2.75. The number of aryl methyl sites for hydroxylation is 3. The SMILES string of the molecule is Cc1nc(CN(C2CC2)S(=O)(=O)c2c(C)noc2C)cs1. The van der Waals surface area contributed by atoms with Gasteiger partial charge in [-0.3, -0.25) is 0 Å². The Morgan fingerprint density at radius 2 is 2.10 bits per heavy atom. The van der Waals surface area contributed by atoms with Gasteiger partial charge in [0.1, 0.15) is 10.6 Å². The number of nitrogens with zero attached hydrogens (tertiary/aromatic N) is 3. The molecule has 1 saturated carbocycles. The molecule has 2 heterocycles. The van der Waals surface area contributed by atoms with Crippen LogP contribution in [0.25, 0.3) is 0 Å². The molecule has 0 amide bonds. The van der Waals surface area contributed by atoms with Gasteiger partial charge in [-0.25, -0.2) is 13.4 Å². The average Bonchev–Trinajstić information content (AvgIpc) is 3.07. The van der Waals surface area contributed by atoms with Crippen molar-refractivity contribution in [2.75, 3.05) is 0 Å². The first-order valence-corrected chi connectivity index (χ1v) is 9.07. The van der Waals surface area contributed by atoms with E-state index in [0.717, 1.165) is 23.5 Å². The summed E-state index contributed by atoms with van der Waals surface area (Å²) in [4.78, 5) is 4.57. The van der Waals surface area contributed by atoms with Crippen molar-refractivity contribution in [3.05, 3.63) is 27.5 Å². The molecule has 1 fully saturated rings. The molecular weight excluding hydrogens is 310 g/mol. The van der Waals surface area contributed by atoms with Crippen LogP contribution in [-0.2, 0) is 16.6 Å². The van der Waals surface area contributed by atoms with Crippen molar-refractivity contribution in [2.45, 2.75) is 51.1 Å². The Kier molecular flexibility index (Phi) is 3.62. The van der Waals surface area contributed by atoms with E-state index in [-0.39, 0.29) is 10.9 Å². The first-order chi connectivity index (χ1) is 9.89. The van der Waals surface area contributed by atoms with Gasteiger partial charge in [0, 0.05) is 11.4 Å². The molecule has 0 aromatic carbocycles. The molecule has 8 heteroatoms. The summed E-state index contributed by atoms with van der Waals surface area (Å²) < 4.78 is 32.4. The van der Waals surface area contributed by atoms with Gasteiger partial charge in [-0.05, 0) is 33.6 Å². The summed E-state index contributed by atoms with van der Waals surface area (Å²) in [7, 11) is -3.60. The number of hydrogen-bond donors (Lipinski definition) is 0. The van der Waals surface area contributed by atoms with Crippen molar-refractivity contribution in [1.82, 2.24) is 14.4 Å². The molecule has 1 aliphatic carbocycles. The summed E-state index contributed by atoms with van der Waals surface area (Å²) in [5, 5.41) is 6.61. The minimum Gasteiger partial charge on any atom is -0.360 e. The number of hydrogen-bond acceptors (Lipinski definition) is 6. The van der Waals surface area contributed by atoms with Gasteiger partial charge in [-0.15, -0.1) is 11.3 Å². The summed E-state index contributed by atoms with van der Waals surface area (Å²) in [5.74, 6) is 0.340. The minimum atomic E-state index is -3.60. The maximum atomic E-state index is 12.9. The Labute approximate surface area is 127 Å². The second kappa shape index (κ2) is 5.19. The van der Waals surface area contributed by atoms with Crippen LogP contribution >= 0.6 is 11.3 Å². The number of rotatable bonds is 5. The highest BCUT2D eigenvalue weighted by Crippen LogP contribution is 2.35. The molecular formula is C13H17N3O3S2. The Hall–Kier alpha value is -1.25. The van der Waals surface area contributed by atoms with Crippen LogP contribution in [0, 0.1) is 20.8 Å². The zero-order valence-corrected chi connectivity index (χ0v) is 13.8. The van der Waals surface area contributed by atoms with E-state index in [1.807, 2.05) is 12.3 Å². The predicted octanol–water partition coefficient (Wildman–Crippen LogP) is 2.41. The third-order valence-electron chi connectivity index (χ3n) is 3.47. The second-order valence-electron chi connectivity index (χ2n) is 5.29. The van der Waals surface area contributed by atoms with Gasteiger partial charge in [0.25, 0.3) is 0 Å². The lowest BCUT2D eigenvalue weighted by Gasteiger charge is -2.20. The molecule has 0 unspecified atom stereocenters. The highest BCUT2D eigenvalue weighted by molar-refractivity contribution is 7.89. The van der Waals surface area contributed by atoms with Crippen LogP contribution in [0.3, 0.4) is 0 Å². The summed E-state index contributed by atoms with van der Waals surface area (Å²) in [5.41, 5.74) is 1.20. The van der Waals surface area contributed by atoms with E-state index in [1.54, 1.807) is 13.8 Å². The maximum absolute atomic E-state index is 12.9. The Morgan fingerprint density at radius 1 is 1.38 bits per heavy atom. The monoisotopic (exact) mass is 327 g/mol. The lowest BCUT2D eigenvalue weighted by atomic mass is 10.4. The average molecular weight is 327 g/mol. The van der Waals surface area contributed by atoms with Crippen LogP contribution in [-0.4, -0.2) is 28.9 Å². The lowest BCUT2D eigenvalue weighted by Crippen LogP contribution is -2.33. The van der Waals surface area contributed by atoms with Crippen molar-refractivity contribution in [3.8, 4) is 0 Å². The van der Waals surface area contributed by atoms with Crippen molar-refractivity contribution in [3.63, 3.8) is 0 Å². The molecule has 6 nitrogen and oxygen atoms in total. The number of thiazole rings is 1. The van der Waals surface area contributed by atoms with Crippen LogP contribution in [0.5, 0.6) is 0 Å². The van der Waals surface area contributed by atoms with E-state index in [1.165, 1.54) is 15.6 Å². The van der Waals surface area contributed by atoms with E-state index >= 15 is 0 Å². The normalized spacial score (nSPS) is 15.8. The molecule has 21 heavy (non-hydrogen) atoms. The zero-order valence-electron chi connectivity index (χ0n) is 12.2. The molecule has 0 N–H and O–H groups in total. The summed E-state index contributed by atoms with van der Waals surface area (Å²) in [6, 6.07) is 0.0608. The predicted molar refractivity (Wildman–Crippen MR) is 78.6 cm³/mol. The maximum Gasteiger partial charge on any atom is 0.249 e. The van der Waals surface area contributed by atoms with E-state index < -0.39 is 10.0 Å². The van der Waals surface area contributed by atoms with Crippen molar-refractivity contribution >= 4 is 21.4 Å². The van der Waals surface area contributed by atoms with Gasteiger partial charge in [-0.1, -0.05) is 5.16 Å². The molecule has 1 aliphatic rings. The van der Waals surface area contributed by atoms with Crippen LogP contribution in [0.1, 0.15) is 35.0 Å². The molecule has 114 valence electrons. The Balaban J connectivity index is 1.97. The molecule has 2 aromatic rings. The van der Waals surface area contributed by atoms with Gasteiger partial charge >= 0.3 is 0 Å². The van der Waals surface area contributed by atoms with Crippen LogP contribution in [0.2, 0.25) is 0 Å². The van der Waals surface area contributed by atoms with Crippen molar-refractivity contribution in [1.29, 1.82) is 0 Å². The lowest BCUT2D eigenvalue weighted by molar-refractivity contribution is 0.383. The van der Waals surface area contributed by atoms with E-state index in [2.05, 4.69) is 10.1 Å². The quantitative estimate of drug-likeness (QED) is 0.843. The number of sulfonamides is 1. The molecule has 0 aliphatic heterocycles. The van der Waals surface area contributed by atoms with Crippen molar-refractivity contribution < 1.29 is 12.9 Å². The fraction of sp³-hybridized carbons (Fsp3) is 0.538. The fourth-order valence-electron chi connectivity index (χ4n) is 2.37. The van der Waals surface area contributed by atoms with E-state index in [9.17, 15) is 8.42 Å². The summed E-state index contributed by atoms with van der Waals surface area (Å²) in [6.07, 6.45) is 1.79. The van der Waals surface area contributed by atoms with Gasteiger partial charge in [0.15, 0.2) is 5.76 Å². The first kappa shape index (κ1) is 14.7. The van der Waals surface area contributed by atoms with Gasteiger partial charge in [0.2, 0.25) is 10.0 Å². The van der Waals surface area contributed by atoms with Gasteiger partial charge < -0.3 is 4.52 Å². The number of aromatic nitrogens is 2. The molecule has 3 rings (SSSR count). The van der Waals surface area contributed by atoms with Gasteiger partial charge in [0.05, 0.1) is 17.2 Å². The highest BCUT2D eigenvalue weighted by atomic mass is 32.2. The first-order valence-electron chi connectivity index (χ1n) is 6.75. The standard InChI is InChI=1S/C13H17N3O3S2/c1-8-13(9(2)19-15-8)21(17,18)16(12-4-5-12)6-11-7-20-10(3)14-11/h7,12H,4-6H2,1-3H3. The topological polar surface area (TPSA) is 76.3 Å².